The van der Waals surface area contributed by atoms with Crippen molar-refractivity contribution in [2.75, 3.05) is 6.61 Å². The molecule has 3 N–H and O–H groups in total. The van der Waals surface area contributed by atoms with Gasteiger partial charge in [0.1, 0.15) is 0 Å². The van der Waals surface area contributed by atoms with Crippen molar-refractivity contribution in [3.8, 4) is 0 Å². The molecule has 0 aliphatic heterocycles. The minimum Gasteiger partial charge on any atom is -0.394 e. The second kappa shape index (κ2) is 5.76. The predicted molar refractivity (Wildman–Crippen MR) is 75.1 cm³/mol. The number of H-pyrrole nitrogens is 1. The first-order valence-electron chi connectivity index (χ1n) is 7.20. The highest BCUT2D eigenvalue weighted by Gasteiger charge is 2.25. The molecule has 3 rings (SSSR count). The molecule has 2 aromatic heterocycles. The summed E-state index contributed by atoms with van der Waals surface area (Å²) in [5, 5.41) is 24.1. The Hall–Kier alpha value is -1.66. The van der Waals surface area contributed by atoms with Crippen molar-refractivity contribution in [1.82, 2.24) is 25.3 Å². The van der Waals surface area contributed by atoms with Crippen LogP contribution in [0.25, 0.3) is 0 Å². The van der Waals surface area contributed by atoms with Crippen LogP contribution in [0.5, 0.6) is 0 Å². The molecule has 0 spiro atoms. The van der Waals surface area contributed by atoms with E-state index in [-0.39, 0.29) is 12.6 Å². The topological polar surface area (TPSA) is 78.8 Å². The van der Waals surface area contributed by atoms with Crippen LogP contribution in [0, 0.1) is 0 Å². The highest BCUT2D eigenvalue weighted by atomic mass is 16.3. The Balaban J connectivity index is 1.76. The number of rotatable bonds is 5. The van der Waals surface area contributed by atoms with Crippen LogP contribution in [0.3, 0.4) is 0 Å². The summed E-state index contributed by atoms with van der Waals surface area (Å²) in [6.45, 7) is 2.86. The van der Waals surface area contributed by atoms with E-state index in [0.717, 1.165) is 25.0 Å². The zero-order valence-electron chi connectivity index (χ0n) is 11.7. The largest absolute Gasteiger partial charge is 0.394 e. The third kappa shape index (κ3) is 2.48. The number of nitrogens with zero attached hydrogens (tertiary/aromatic N) is 3. The van der Waals surface area contributed by atoms with Crippen LogP contribution in [0.1, 0.15) is 48.8 Å². The van der Waals surface area contributed by atoms with E-state index in [0.29, 0.717) is 12.6 Å². The van der Waals surface area contributed by atoms with Crippen molar-refractivity contribution in [1.29, 1.82) is 0 Å². The Morgan fingerprint density at radius 3 is 3.25 bits per heavy atom. The molecule has 0 aromatic carbocycles. The van der Waals surface area contributed by atoms with Crippen LogP contribution >= 0.6 is 0 Å². The van der Waals surface area contributed by atoms with Gasteiger partial charge in [-0.25, -0.2) is 0 Å². The quantitative estimate of drug-likeness (QED) is 0.769. The van der Waals surface area contributed by atoms with E-state index in [9.17, 15) is 0 Å². The monoisotopic (exact) mass is 275 g/mol. The van der Waals surface area contributed by atoms with Crippen LogP contribution in [-0.2, 0) is 13.0 Å². The molecule has 0 radical (unpaired) electrons. The summed E-state index contributed by atoms with van der Waals surface area (Å²) in [4.78, 5) is 0. The molecule has 20 heavy (non-hydrogen) atoms. The van der Waals surface area contributed by atoms with Crippen molar-refractivity contribution < 1.29 is 5.11 Å². The fraction of sp³-hybridized carbons (Fsp3) is 0.571. The molecular formula is C14H21N5O. The van der Waals surface area contributed by atoms with Gasteiger partial charge in [-0.1, -0.05) is 0 Å². The molecule has 2 unspecified atom stereocenters. The predicted octanol–water partition coefficient (Wildman–Crippen LogP) is 1.33. The Labute approximate surface area is 118 Å². The molecule has 0 saturated heterocycles. The van der Waals surface area contributed by atoms with E-state index >= 15 is 0 Å². The Morgan fingerprint density at radius 1 is 1.60 bits per heavy atom. The Kier molecular flexibility index (Phi) is 3.84. The van der Waals surface area contributed by atoms with Gasteiger partial charge in [0.25, 0.3) is 0 Å². The van der Waals surface area contributed by atoms with Gasteiger partial charge in [-0.3, -0.25) is 9.78 Å². The van der Waals surface area contributed by atoms with Gasteiger partial charge in [0.2, 0.25) is 0 Å². The molecule has 2 atom stereocenters. The summed E-state index contributed by atoms with van der Waals surface area (Å²) in [7, 11) is 0. The molecule has 6 heteroatoms. The van der Waals surface area contributed by atoms with Gasteiger partial charge in [-0.15, -0.1) is 0 Å². The van der Waals surface area contributed by atoms with Crippen LogP contribution in [0.15, 0.2) is 18.5 Å². The van der Waals surface area contributed by atoms with Gasteiger partial charge >= 0.3 is 0 Å². The summed E-state index contributed by atoms with van der Waals surface area (Å²) >= 11 is 0. The standard InChI is InChI=1S/C14H21N5O/c1-10(12-5-6-15-18-12)17-13-3-2-4-14-11(13)9-16-19(14)7-8-20/h5-6,9-10,13,17,20H,2-4,7-8H2,1H3,(H,15,18). The lowest BCUT2D eigenvalue weighted by molar-refractivity contribution is 0.266. The molecule has 0 amide bonds. The Bertz CT molecular complexity index is 548. The molecule has 1 aliphatic carbocycles. The average Bonchev–Trinajstić information content (AvgIpc) is 3.09. The number of aliphatic hydroxyl groups excluding tert-OH is 1. The summed E-state index contributed by atoms with van der Waals surface area (Å²) < 4.78 is 1.93. The van der Waals surface area contributed by atoms with E-state index in [2.05, 4.69) is 27.5 Å². The fourth-order valence-corrected chi connectivity index (χ4v) is 2.98. The summed E-state index contributed by atoms with van der Waals surface area (Å²) in [6, 6.07) is 2.55. The second-order valence-electron chi connectivity index (χ2n) is 5.34. The summed E-state index contributed by atoms with van der Waals surface area (Å²) in [5.74, 6) is 0. The highest BCUT2D eigenvalue weighted by Crippen LogP contribution is 2.31. The van der Waals surface area contributed by atoms with E-state index in [1.165, 1.54) is 11.3 Å². The molecule has 2 heterocycles. The summed E-state index contributed by atoms with van der Waals surface area (Å²) in [6.07, 6.45) is 7.04. The molecule has 6 nitrogen and oxygen atoms in total. The lowest BCUT2D eigenvalue weighted by atomic mass is 9.92. The maximum atomic E-state index is 9.09. The maximum absolute atomic E-state index is 9.09. The van der Waals surface area contributed by atoms with Crippen molar-refractivity contribution >= 4 is 0 Å². The smallest absolute Gasteiger partial charge is 0.0644 e. The van der Waals surface area contributed by atoms with Gasteiger partial charge in [0.05, 0.1) is 25.0 Å². The fourth-order valence-electron chi connectivity index (χ4n) is 2.98. The highest BCUT2D eigenvalue weighted by molar-refractivity contribution is 5.25. The maximum Gasteiger partial charge on any atom is 0.0644 e. The van der Waals surface area contributed by atoms with Crippen LogP contribution in [-0.4, -0.2) is 31.7 Å². The third-order valence-corrected chi connectivity index (χ3v) is 4.01. The third-order valence-electron chi connectivity index (χ3n) is 4.01. The molecule has 0 saturated carbocycles. The van der Waals surface area contributed by atoms with Gasteiger partial charge in [-0.2, -0.15) is 10.2 Å². The van der Waals surface area contributed by atoms with E-state index in [4.69, 9.17) is 5.11 Å². The normalized spacial score (nSPS) is 19.8. The van der Waals surface area contributed by atoms with Crippen molar-refractivity contribution in [2.24, 2.45) is 0 Å². The Morgan fingerprint density at radius 2 is 2.50 bits per heavy atom. The SMILES string of the molecule is CC(NC1CCCc2c1cnn2CCO)c1ccn[nH]1. The summed E-state index contributed by atoms with van der Waals surface area (Å²) in [5.41, 5.74) is 3.63. The molecular weight excluding hydrogens is 254 g/mol. The zero-order chi connectivity index (χ0) is 13.9. The number of nitrogens with one attached hydrogen (secondary N) is 2. The van der Waals surface area contributed by atoms with Gasteiger partial charge < -0.3 is 10.4 Å². The van der Waals surface area contributed by atoms with Crippen molar-refractivity contribution in [3.63, 3.8) is 0 Å². The van der Waals surface area contributed by atoms with Gasteiger partial charge in [0, 0.05) is 29.5 Å². The lowest BCUT2D eigenvalue weighted by Gasteiger charge is -2.27. The van der Waals surface area contributed by atoms with Crippen molar-refractivity contribution in [2.45, 2.75) is 44.8 Å². The van der Waals surface area contributed by atoms with Crippen LogP contribution in [0.4, 0.5) is 0 Å². The minimum atomic E-state index is 0.136. The number of fused-ring (bicyclic) bond motifs is 1. The van der Waals surface area contributed by atoms with E-state index in [1.807, 2.05) is 16.9 Å². The van der Waals surface area contributed by atoms with Gasteiger partial charge in [-0.05, 0) is 32.3 Å². The first-order chi connectivity index (χ1) is 9.79. The number of aromatic amines is 1. The lowest BCUT2D eigenvalue weighted by Crippen LogP contribution is -2.28. The molecule has 108 valence electrons. The van der Waals surface area contributed by atoms with E-state index < -0.39 is 0 Å². The zero-order valence-corrected chi connectivity index (χ0v) is 11.7. The molecule has 0 fully saturated rings. The second-order valence-corrected chi connectivity index (χ2v) is 5.34. The first-order valence-corrected chi connectivity index (χ1v) is 7.20. The van der Waals surface area contributed by atoms with E-state index in [1.54, 1.807) is 6.20 Å². The molecule has 0 bridgehead atoms. The molecule has 2 aromatic rings. The van der Waals surface area contributed by atoms with Crippen LogP contribution < -0.4 is 5.32 Å². The number of aromatic nitrogens is 4. The number of hydrogen-bond donors (Lipinski definition) is 3. The average molecular weight is 275 g/mol. The van der Waals surface area contributed by atoms with Gasteiger partial charge in [0.15, 0.2) is 0 Å². The van der Waals surface area contributed by atoms with Crippen molar-refractivity contribution in [3.05, 3.63) is 35.4 Å². The first kappa shape index (κ1) is 13.3. The minimum absolute atomic E-state index is 0.136. The number of aliphatic hydroxyl groups is 1. The van der Waals surface area contributed by atoms with Crippen LogP contribution in [0.2, 0.25) is 0 Å². The molecule has 1 aliphatic rings. The number of hydrogen-bond acceptors (Lipinski definition) is 4.